The summed E-state index contributed by atoms with van der Waals surface area (Å²) in [6, 6.07) is 10.6. The lowest BCUT2D eigenvalue weighted by atomic mass is 9.88. The van der Waals surface area contributed by atoms with Crippen LogP contribution in [-0.4, -0.2) is 23.3 Å². The zero-order valence-electron chi connectivity index (χ0n) is 15.0. The summed E-state index contributed by atoms with van der Waals surface area (Å²) in [5, 5.41) is 11.0. The fourth-order valence-electron chi connectivity index (χ4n) is 3.55. The molecule has 4 heteroatoms. The van der Waals surface area contributed by atoms with Gasteiger partial charge in [-0.15, -0.1) is 0 Å². The molecule has 1 saturated heterocycles. The van der Waals surface area contributed by atoms with Gasteiger partial charge in [-0.05, 0) is 18.4 Å². The van der Waals surface area contributed by atoms with E-state index in [1.807, 2.05) is 6.20 Å². The number of aromatic nitrogens is 2. The number of hydrogen-bond acceptors (Lipinski definition) is 3. The maximum atomic E-state index is 6.08. The molecule has 1 aromatic carbocycles. The van der Waals surface area contributed by atoms with E-state index in [1.54, 1.807) is 0 Å². The molecule has 1 aliphatic rings. The van der Waals surface area contributed by atoms with E-state index in [2.05, 4.69) is 66.6 Å². The molecule has 2 aromatic rings. The van der Waals surface area contributed by atoms with Crippen LogP contribution in [0.3, 0.4) is 0 Å². The minimum atomic E-state index is 0.0913. The van der Waals surface area contributed by atoms with Gasteiger partial charge in [0.1, 0.15) is 0 Å². The Kier molecular flexibility index (Phi) is 5.36. The fourth-order valence-corrected chi connectivity index (χ4v) is 3.55. The van der Waals surface area contributed by atoms with Crippen LogP contribution in [0.1, 0.15) is 56.5 Å². The Hall–Kier alpha value is -1.65. The normalized spacial score (nSPS) is 21.8. The van der Waals surface area contributed by atoms with Gasteiger partial charge in [-0.3, -0.25) is 5.10 Å². The summed E-state index contributed by atoms with van der Waals surface area (Å²) in [4.78, 5) is 0. The maximum absolute atomic E-state index is 6.08. The third-order valence-corrected chi connectivity index (χ3v) is 4.76. The molecular weight excluding hydrogens is 298 g/mol. The van der Waals surface area contributed by atoms with Crippen LogP contribution < -0.4 is 5.32 Å². The third kappa shape index (κ3) is 4.05. The van der Waals surface area contributed by atoms with Gasteiger partial charge in [0.25, 0.3) is 0 Å². The van der Waals surface area contributed by atoms with Gasteiger partial charge in [-0.1, -0.05) is 51.1 Å². The highest BCUT2D eigenvalue weighted by Gasteiger charge is 2.27. The van der Waals surface area contributed by atoms with Crippen LogP contribution in [0, 0.1) is 5.92 Å². The number of nitrogens with one attached hydrogen (secondary N) is 2. The second-order valence-electron chi connectivity index (χ2n) is 7.76. The van der Waals surface area contributed by atoms with Gasteiger partial charge in [0.2, 0.25) is 0 Å². The van der Waals surface area contributed by atoms with Crippen LogP contribution in [-0.2, 0) is 16.7 Å². The first-order valence-corrected chi connectivity index (χ1v) is 8.95. The summed E-state index contributed by atoms with van der Waals surface area (Å²) in [6.07, 6.45) is 4.51. The lowest BCUT2D eigenvalue weighted by Gasteiger charge is -2.32. The smallest absolute Gasteiger partial charge is 0.0865 e. The maximum Gasteiger partial charge on any atom is 0.0865 e. The van der Waals surface area contributed by atoms with Crippen LogP contribution >= 0.6 is 0 Å². The Bertz CT molecular complexity index is 630. The van der Waals surface area contributed by atoms with E-state index < -0.39 is 0 Å². The number of benzene rings is 1. The molecule has 1 aliphatic heterocycles. The molecule has 1 fully saturated rings. The van der Waals surface area contributed by atoms with E-state index in [1.165, 1.54) is 23.2 Å². The van der Waals surface area contributed by atoms with Crippen molar-refractivity contribution >= 4 is 0 Å². The SMILES string of the molecule is CC(C)(C)c1[nH]ncc1CNC[C@H]1CCCO[C@H]1c1ccccc1. The first kappa shape index (κ1) is 17.2. The number of aromatic amines is 1. The molecule has 0 spiro atoms. The highest BCUT2D eigenvalue weighted by Crippen LogP contribution is 2.33. The van der Waals surface area contributed by atoms with Gasteiger partial charge < -0.3 is 10.1 Å². The number of rotatable bonds is 5. The summed E-state index contributed by atoms with van der Waals surface area (Å²) in [6.45, 7) is 9.32. The van der Waals surface area contributed by atoms with E-state index in [0.717, 1.165) is 26.1 Å². The molecule has 0 aliphatic carbocycles. The standard InChI is InChI=1S/C20H29N3O/c1-20(2,3)19-17(14-22-23-19)13-21-12-16-10-7-11-24-18(16)15-8-5-4-6-9-15/h4-6,8-9,14,16,18,21H,7,10-13H2,1-3H3,(H,22,23)/t16-,18+/m1/s1. The van der Waals surface area contributed by atoms with E-state index in [0.29, 0.717) is 5.92 Å². The summed E-state index contributed by atoms with van der Waals surface area (Å²) in [5.41, 5.74) is 3.86. The summed E-state index contributed by atoms with van der Waals surface area (Å²) in [5.74, 6) is 0.520. The van der Waals surface area contributed by atoms with Crippen molar-refractivity contribution in [3.63, 3.8) is 0 Å². The third-order valence-electron chi connectivity index (χ3n) is 4.76. The van der Waals surface area contributed by atoms with Gasteiger partial charge in [-0.25, -0.2) is 0 Å². The van der Waals surface area contributed by atoms with Crippen molar-refractivity contribution in [2.75, 3.05) is 13.2 Å². The van der Waals surface area contributed by atoms with Gasteiger partial charge in [-0.2, -0.15) is 5.10 Å². The molecule has 2 atom stereocenters. The molecule has 4 nitrogen and oxygen atoms in total. The highest BCUT2D eigenvalue weighted by molar-refractivity contribution is 5.23. The number of hydrogen-bond donors (Lipinski definition) is 2. The Morgan fingerprint density at radius 2 is 2.04 bits per heavy atom. The molecule has 2 heterocycles. The predicted molar refractivity (Wildman–Crippen MR) is 96.9 cm³/mol. The first-order chi connectivity index (χ1) is 11.6. The summed E-state index contributed by atoms with van der Waals surface area (Å²) >= 11 is 0. The average Bonchev–Trinajstić information content (AvgIpc) is 3.05. The minimum Gasteiger partial charge on any atom is -0.373 e. The quantitative estimate of drug-likeness (QED) is 0.874. The van der Waals surface area contributed by atoms with Crippen molar-refractivity contribution in [2.45, 2.75) is 51.7 Å². The molecule has 0 saturated carbocycles. The lowest BCUT2D eigenvalue weighted by molar-refractivity contribution is -0.0278. The van der Waals surface area contributed by atoms with Crippen molar-refractivity contribution in [3.05, 3.63) is 53.3 Å². The van der Waals surface area contributed by atoms with E-state index in [-0.39, 0.29) is 11.5 Å². The van der Waals surface area contributed by atoms with Crippen molar-refractivity contribution in [1.29, 1.82) is 0 Å². The Morgan fingerprint density at radius 1 is 1.25 bits per heavy atom. The Morgan fingerprint density at radius 3 is 2.79 bits per heavy atom. The minimum absolute atomic E-state index is 0.0913. The number of nitrogens with zero attached hydrogens (tertiary/aromatic N) is 1. The average molecular weight is 327 g/mol. The summed E-state index contributed by atoms with van der Waals surface area (Å²) in [7, 11) is 0. The molecule has 0 bridgehead atoms. The number of H-pyrrole nitrogens is 1. The van der Waals surface area contributed by atoms with Crippen LogP contribution in [0.5, 0.6) is 0 Å². The molecule has 2 N–H and O–H groups in total. The lowest BCUT2D eigenvalue weighted by Crippen LogP contribution is -2.32. The largest absolute Gasteiger partial charge is 0.373 e. The van der Waals surface area contributed by atoms with Crippen LogP contribution in [0.15, 0.2) is 36.5 Å². The predicted octanol–water partition coefficient (Wildman–Crippen LogP) is 3.96. The van der Waals surface area contributed by atoms with Gasteiger partial charge in [0.15, 0.2) is 0 Å². The molecular formula is C20H29N3O. The van der Waals surface area contributed by atoms with Crippen molar-refractivity contribution in [1.82, 2.24) is 15.5 Å². The highest BCUT2D eigenvalue weighted by atomic mass is 16.5. The van der Waals surface area contributed by atoms with Crippen molar-refractivity contribution in [3.8, 4) is 0 Å². The van der Waals surface area contributed by atoms with Crippen molar-refractivity contribution in [2.24, 2.45) is 5.92 Å². The molecule has 130 valence electrons. The molecule has 24 heavy (non-hydrogen) atoms. The Labute approximate surface area is 145 Å². The van der Waals surface area contributed by atoms with Gasteiger partial charge >= 0.3 is 0 Å². The zero-order chi connectivity index (χ0) is 17.0. The molecule has 0 amide bonds. The van der Waals surface area contributed by atoms with Crippen molar-refractivity contribution < 1.29 is 4.74 Å². The van der Waals surface area contributed by atoms with Gasteiger partial charge in [0, 0.05) is 42.3 Å². The van der Waals surface area contributed by atoms with Gasteiger partial charge in [0.05, 0.1) is 12.3 Å². The molecule has 0 radical (unpaired) electrons. The molecule has 3 rings (SSSR count). The van der Waals surface area contributed by atoms with E-state index >= 15 is 0 Å². The van der Waals surface area contributed by atoms with Crippen LogP contribution in [0.4, 0.5) is 0 Å². The zero-order valence-corrected chi connectivity index (χ0v) is 15.0. The fraction of sp³-hybridized carbons (Fsp3) is 0.550. The van der Waals surface area contributed by atoms with E-state index in [9.17, 15) is 0 Å². The van der Waals surface area contributed by atoms with Crippen LogP contribution in [0.25, 0.3) is 0 Å². The monoisotopic (exact) mass is 327 g/mol. The molecule has 1 aromatic heterocycles. The second kappa shape index (κ2) is 7.49. The Balaban J connectivity index is 1.60. The molecule has 0 unspecified atom stereocenters. The van der Waals surface area contributed by atoms with Crippen LogP contribution in [0.2, 0.25) is 0 Å². The van der Waals surface area contributed by atoms with E-state index in [4.69, 9.17) is 4.74 Å². The first-order valence-electron chi connectivity index (χ1n) is 8.95. The summed E-state index contributed by atoms with van der Waals surface area (Å²) < 4.78 is 6.08. The second-order valence-corrected chi connectivity index (χ2v) is 7.76. The topological polar surface area (TPSA) is 49.9 Å². The number of ether oxygens (including phenoxy) is 1.